The van der Waals surface area contributed by atoms with E-state index in [1.165, 1.54) is 0 Å². The highest BCUT2D eigenvalue weighted by molar-refractivity contribution is 9.10. The predicted molar refractivity (Wildman–Crippen MR) is 76.7 cm³/mol. The first-order valence-corrected chi connectivity index (χ1v) is 6.92. The highest BCUT2D eigenvalue weighted by atomic mass is 79.9. The minimum atomic E-state index is -0.229. The van der Waals surface area contributed by atoms with Crippen LogP contribution in [-0.4, -0.2) is 31.9 Å². The van der Waals surface area contributed by atoms with E-state index in [-0.39, 0.29) is 18.2 Å². The van der Waals surface area contributed by atoms with Crippen LogP contribution in [0.2, 0.25) is 0 Å². The number of ether oxygens (including phenoxy) is 2. The maximum absolute atomic E-state index is 11.9. The Morgan fingerprint density at radius 3 is 2.89 bits per heavy atom. The molecule has 1 aromatic rings. The van der Waals surface area contributed by atoms with Crippen molar-refractivity contribution in [1.29, 1.82) is 0 Å². The Morgan fingerprint density at radius 1 is 1.53 bits per heavy atom. The molecular weight excluding hydrogens is 312 g/mol. The van der Waals surface area contributed by atoms with Crippen molar-refractivity contribution in [2.75, 3.05) is 19.0 Å². The third-order valence-electron chi connectivity index (χ3n) is 3.12. The first kappa shape index (κ1) is 14.1. The predicted octanol–water partition coefficient (Wildman–Crippen LogP) is 2.76. The Kier molecular flexibility index (Phi) is 4.66. The van der Waals surface area contributed by atoms with Crippen LogP contribution in [0.4, 0.5) is 10.5 Å². The molecular formula is C13H17BrN2O3. The topological polar surface area (TPSA) is 59.6 Å². The molecule has 19 heavy (non-hydrogen) atoms. The van der Waals surface area contributed by atoms with Gasteiger partial charge in [0.2, 0.25) is 0 Å². The number of anilines is 1. The van der Waals surface area contributed by atoms with Crippen LogP contribution in [0.1, 0.15) is 13.3 Å². The fraction of sp³-hybridized carbons (Fsp3) is 0.462. The summed E-state index contributed by atoms with van der Waals surface area (Å²) in [6, 6.07) is 5.22. The van der Waals surface area contributed by atoms with Gasteiger partial charge in [-0.3, -0.25) is 0 Å². The summed E-state index contributed by atoms with van der Waals surface area (Å²) in [6.07, 6.45) is 0.906. The van der Waals surface area contributed by atoms with Crippen LogP contribution in [0.3, 0.4) is 0 Å². The van der Waals surface area contributed by atoms with Gasteiger partial charge >= 0.3 is 6.03 Å². The zero-order valence-corrected chi connectivity index (χ0v) is 12.5. The van der Waals surface area contributed by atoms with E-state index in [0.29, 0.717) is 12.3 Å². The van der Waals surface area contributed by atoms with Crippen LogP contribution < -0.4 is 15.4 Å². The van der Waals surface area contributed by atoms with Gasteiger partial charge in [-0.2, -0.15) is 0 Å². The van der Waals surface area contributed by atoms with E-state index in [4.69, 9.17) is 9.47 Å². The van der Waals surface area contributed by atoms with Crippen molar-refractivity contribution in [1.82, 2.24) is 5.32 Å². The molecule has 0 unspecified atom stereocenters. The second kappa shape index (κ2) is 6.25. The first-order chi connectivity index (χ1) is 9.10. The number of benzene rings is 1. The van der Waals surface area contributed by atoms with Gasteiger partial charge in [-0.25, -0.2) is 4.79 Å². The average molecular weight is 329 g/mol. The Balaban J connectivity index is 1.95. The first-order valence-electron chi connectivity index (χ1n) is 6.13. The van der Waals surface area contributed by atoms with Crippen molar-refractivity contribution < 1.29 is 14.3 Å². The minimum Gasteiger partial charge on any atom is -0.497 e. The zero-order chi connectivity index (χ0) is 13.8. The maximum atomic E-state index is 11.9. The van der Waals surface area contributed by atoms with Crippen LogP contribution in [0.25, 0.3) is 0 Å². The summed E-state index contributed by atoms with van der Waals surface area (Å²) in [5.74, 6) is 0.732. The summed E-state index contributed by atoms with van der Waals surface area (Å²) in [5, 5.41) is 5.71. The summed E-state index contributed by atoms with van der Waals surface area (Å²) in [7, 11) is 1.60. The Morgan fingerprint density at radius 2 is 2.32 bits per heavy atom. The van der Waals surface area contributed by atoms with Crippen LogP contribution in [0.5, 0.6) is 5.75 Å². The zero-order valence-electron chi connectivity index (χ0n) is 10.9. The molecule has 2 amide bonds. The molecule has 2 rings (SSSR count). The van der Waals surface area contributed by atoms with Gasteiger partial charge in [0.05, 0.1) is 24.9 Å². The van der Waals surface area contributed by atoms with Crippen molar-refractivity contribution in [3.05, 3.63) is 22.7 Å². The van der Waals surface area contributed by atoms with E-state index in [1.54, 1.807) is 25.3 Å². The monoisotopic (exact) mass is 328 g/mol. The van der Waals surface area contributed by atoms with Gasteiger partial charge in [0.25, 0.3) is 0 Å². The standard InChI is InChI=1S/C13H17BrN2O3/c1-8-11(5-6-19-8)15-13(17)16-12-4-3-9(18-2)7-10(12)14/h3-4,7-8,11H,5-6H2,1-2H3,(H2,15,16,17)/t8-,11+/m1/s1. The van der Waals surface area contributed by atoms with Gasteiger partial charge in [-0.15, -0.1) is 0 Å². The normalized spacial score (nSPS) is 22.1. The smallest absolute Gasteiger partial charge is 0.319 e. The lowest BCUT2D eigenvalue weighted by Crippen LogP contribution is -2.41. The third-order valence-corrected chi connectivity index (χ3v) is 3.77. The van der Waals surface area contributed by atoms with Crippen molar-refractivity contribution in [3.8, 4) is 5.75 Å². The largest absolute Gasteiger partial charge is 0.497 e. The SMILES string of the molecule is COc1ccc(NC(=O)N[C@H]2CCO[C@@H]2C)c(Br)c1. The molecule has 6 heteroatoms. The molecule has 1 fully saturated rings. The molecule has 0 radical (unpaired) electrons. The lowest BCUT2D eigenvalue weighted by Gasteiger charge is -2.17. The number of nitrogens with one attached hydrogen (secondary N) is 2. The van der Waals surface area contributed by atoms with E-state index in [9.17, 15) is 4.79 Å². The minimum absolute atomic E-state index is 0.0602. The molecule has 1 saturated heterocycles. The maximum Gasteiger partial charge on any atom is 0.319 e. The van der Waals surface area contributed by atoms with Gasteiger partial charge in [0, 0.05) is 11.1 Å². The molecule has 1 heterocycles. The van der Waals surface area contributed by atoms with E-state index < -0.39 is 0 Å². The number of carbonyl (C=O) groups excluding carboxylic acids is 1. The van der Waals surface area contributed by atoms with Gasteiger partial charge < -0.3 is 20.1 Å². The van der Waals surface area contributed by atoms with Gasteiger partial charge in [0.1, 0.15) is 5.75 Å². The van der Waals surface area contributed by atoms with Crippen LogP contribution >= 0.6 is 15.9 Å². The number of carbonyl (C=O) groups is 1. The fourth-order valence-corrected chi connectivity index (χ4v) is 2.43. The molecule has 2 N–H and O–H groups in total. The van der Waals surface area contributed by atoms with Crippen molar-refractivity contribution in [2.24, 2.45) is 0 Å². The highest BCUT2D eigenvalue weighted by Crippen LogP contribution is 2.27. The van der Waals surface area contributed by atoms with Crippen LogP contribution in [0.15, 0.2) is 22.7 Å². The number of methoxy groups -OCH3 is 1. The molecule has 0 spiro atoms. The number of rotatable bonds is 3. The molecule has 5 nitrogen and oxygen atoms in total. The van der Waals surface area contributed by atoms with Gasteiger partial charge in [-0.05, 0) is 47.5 Å². The van der Waals surface area contributed by atoms with Gasteiger partial charge in [0.15, 0.2) is 0 Å². The Labute approximate surface area is 120 Å². The fourth-order valence-electron chi connectivity index (χ4n) is 1.97. The van der Waals surface area contributed by atoms with Gasteiger partial charge in [-0.1, -0.05) is 0 Å². The second-order valence-corrected chi connectivity index (χ2v) is 5.27. The summed E-state index contributed by atoms with van der Waals surface area (Å²) in [4.78, 5) is 11.9. The average Bonchev–Trinajstić information content (AvgIpc) is 2.77. The second-order valence-electron chi connectivity index (χ2n) is 4.42. The molecule has 1 aromatic carbocycles. The number of urea groups is 1. The molecule has 0 saturated carbocycles. The van der Waals surface area contributed by atoms with E-state index in [1.807, 2.05) is 6.92 Å². The van der Waals surface area contributed by atoms with Crippen LogP contribution in [0, 0.1) is 0 Å². The number of hydrogen-bond donors (Lipinski definition) is 2. The summed E-state index contributed by atoms with van der Waals surface area (Å²) >= 11 is 3.39. The number of amides is 2. The Hall–Kier alpha value is -1.27. The third kappa shape index (κ3) is 3.61. The summed E-state index contributed by atoms with van der Waals surface area (Å²) in [5.41, 5.74) is 0.699. The molecule has 1 aliphatic rings. The molecule has 104 valence electrons. The molecule has 2 atom stereocenters. The number of halogens is 1. The lowest BCUT2D eigenvalue weighted by molar-refractivity contribution is 0.114. The Bertz CT molecular complexity index is 467. The van der Waals surface area contributed by atoms with Crippen molar-refractivity contribution in [3.63, 3.8) is 0 Å². The van der Waals surface area contributed by atoms with Crippen LogP contribution in [-0.2, 0) is 4.74 Å². The van der Waals surface area contributed by atoms with Crippen molar-refractivity contribution >= 4 is 27.6 Å². The molecule has 0 bridgehead atoms. The molecule has 0 aromatic heterocycles. The number of hydrogen-bond acceptors (Lipinski definition) is 3. The van der Waals surface area contributed by atoms with E-state index >= 15 is 0 Å². The van der Waals surface area contributed by atoms with Crippen molar-refractivity contribution in [2.45, 2.75) is 25.5 Å². The highest BCUT2D eigenvalue weighted by Gasteiger charge is 2.25. The molecule has 1 aliphatic heterocycles. The summed E-state index contributed by atoms with van der Waals surface area (Å²) < 4.78 is 11.3. The quantitative estimate of drug-likeness (QED) is 0.896. The lowest BCUT2D eigenvalue weighted by atomic mass is 10.2. The van der Waals surface area contributed by atoms with E-state index in [2.05, 4.69) is 26.6 Å². The van der Waals surface area contributed by atoms with E-state index in [0.717, 1.165) is 16.6 Å². The summed E-state index contributed by atoms with van der Waals surface area (Å²) in [6.45, 7) is 2.65. The molecule has 0 aliphatic carbocycles.